The predicted molar refractivity (Wildman–Crippen MR) is 77.8 cm³/mol. The molecule has 1 fully saturated rings. The second kappa shape index (κ2) is 6.90. The summed E-state index contributed by atoms with van der Waals surface area (Å²) in [7, 11) is 1.64. The number of ether oxygens (including phenoxy) is 2. The van der Waals surface area contributed by atoms with Crippen molar-refractivity contribution in [3.8, 4) is 5.75 Å². The molecule has 1 aromatic carbocycles. The van der Waals surface area contributed by atoms with Crippen molar-refractivity contribution in [1.82, 2.24) is 0 Å². The molecule has 0 radical (unpaired) electrons. The van der Waals surface area contributed by atoms with Gasteiger partial charge in [0.1, 0.15) is 18.2 Å². The molecular formula is C15H23FN2O2. The van der Waals surface area contributed by atoms with Crippen molar-refractivity contribution in [3.05, 3.63) is 24.0 Å². The standard InChI is InChI=1S/C15H23FN2O2/c1-11(19-2)10-20-15-6-5-12(16)8-14(15)18-7-3-4-13(17)9-18/h5-6,8,11,13H,3-4,7,9-10,17H2,1-2H3. The van der Waals surface area contributed by atoms with Crippen molar-refractivity contribution < 1.29 is 13.9 Å². The molecular weight excluding hydrogens is 259 g/mol. The highest BCUT2D eigenvalue weighted by molar-refractivity contribution is 5.59. The molecule has 4 nitrogen and oxygen atoms in total. The zero-order valence-corrected chi connectivity index (χ0v) is 12.1. The summed E-state index contributed by atoms with van der Waals surface area (Å²) in [4.78, 5) is 2.10. The minimum absolute atomic E-state index is 0.00323. The maximum atomic E-state index is 13.5. The second-order valence-electron chi connectivity index (χ2n) is 5.32. The third-order valence-electron chi connectivity index (χ3n) is 3.60. The topological polar surface area (TPSA) is 47.7 Å². The Labute approximate surface area is 119 Å². The summed E-state index contributed by atoms with van der Waals surface area (Å²) in [5.41, 5.74) is 6.78. The Morgan fingerprint density at radius 3 is 3.00 bits per heavy atom. The summed E-state index contributed by atoms with van der Waals surface area (Å²) in [6, 6.07) is 4.75. The van der Waals surface area contributed by atoms with Crippen LogP contribution in [-0.2, 0) is 4.74 Å². The van der Waals surface area contributed by atoms with Crippen LogP contribution in [0.4, 0.5) is 10.1 Å². The summed E-state index contributed by atoms with van der Waals surface area (Å²) in [6.45, 7) is 3.99. The van der Waals surface area contributed by atoms with Gasteiger partial charge in [0.2, 0.25) is 0 Å². The van der Waals surface area contributed by atoms with Crippen molar-refractivity contribution in [2.45, 2.75) is 31.9 Å². The Hall–Kier alpha value is -1.33. The van der Waals surface area contributed by atoms with Gasteiger partial charge in [0.25, 0.3) is 0 Å². The smallest absolute Gasteiger partial charge is 0.142 e. The molecule has 1 aliphatic rings. The second-order valence-corrected chi connectivity index (χ2v) is 5.32. The molecule has 2 rings (SSSR count). The molecule has 2 atom stereocenters. The van der Waals surface area contributed by atoms with Crippen LogP contribution >= 0.6 is 0 Å². The lowest BCUT2D eigenvalue weighted by Crippen LogP contribution is -2.43. The van der Waals surface area contributed by atoms with E-state index in [1.54, 1.807) is 13.2 Å². The van der Waals surface area contributed by atoms with E-state index in [0.717, 1.165) is 31.6 Å². The average Bonchev–Trinajstić information content (AvgIpc) is 2.45. The molecule has 0 spiro atoms. The van der Waals surface area contributed by atoms with Crippen molar-refractivity contribution in [1.29, 1.82) is 0 Å². The fourth-order valence-electron chi connectivity index (χ4n) is 2.36. The molecule has 2 N–H and O–H groups in total. The minimum Gasteiger partial charge on any atom is -0.489 e. The van der Waals surface area contributed by atoms with Crippen LogP contribution in [-0.4, -0.2) is 39.0 Å². The Morgan fingerprint density at radius 2 is 2.30 bits per heavy atom. The van der Waals surface area contributed by atoms with E-state index >= 15 is 0 Å². The van der Waals surface area contributed by atoms with Crippen LogP contribution < -0.4 is 15.4 Å². The number of hydrogen-bond donors (Lipinski definition) is 1. The number of nitrogens with two attached hydrogens (primary N) is 1. The van der Waals surface area contributed by atoms with Gasteiger partial charge >= 0.3 is 0 Å². The molecule has 1 saturated heterocycles. The summed E-state index contributed by atoms with van der Waals surface area (Å²) in [6.07, 6.45) is 2.03. The molecule has 5 heteroatoms. The Morgan fingerprint density at radius 1 is 1.50 bits per heavy atom. The van der Waals surface area contributed by atoms with Crippen molar-refractivity contribution >= 4 is 5.69 Å². The van der Waals surface area contributed by atoms with E-state index in [0.29, 0.717) is 12.4 Å². The minimum atomic E-state index is -0.258. The van der Waals surface area contributed by atoms with Gasteiger partial charge in [-0.3, -0.25) is 0 Å². The quantitative estimate of drug-likeness (QED) is 0.899. The number of methoxy groups -OCH3 is 1. The van der Waals surface area contributed by atoms with Crippen LogP contribution in [0, 0.1) is 5.82 Å². The largest absolute Gasteiger partial charge is 0.489 e. The molecule has 1 aromatic rings. The van der Waals surface area contributed by atoms with Crippen LogP contribution in [0.25, 0.3) is 0 Å². The fourth-order valence-corrected chi connectivity index (χ4v) is 2.36. The molecule has 112 valence electrons. The number of halogens is 1. The number of rotatable bonds is 5. The molecule has 2 unspecified atom stereocenters. The maximum absolute atomic E-state index is 13.5. The maximum Gasteiger partial charge on any atom is 0.142 e. The number of piperidine rings is 1. The van der Waals surface area contributed by atoms with Crippen LogP contribution in [0.1, 0.15) is 19.8 Å². The monoisotopic (exact) mass is 282 g/mol. The van der Waals surface area contributed by atoms with E-state index < -0.39 is 0 Å². The van der Waals surface area contributed by atoms with Gasteiger partial charge < -0.3 is 20.1 Å². The fraction of sp³-hybridized carbons (Fsp3) is 0.600. The Balaban J connectivity index is 2.14. The summed E-state index contributed by atoms with van der Waals surface area (Å²) >= 11 is 0. The summed E-state index contributed by atoms with van der Waals surface area (Å²) in [5, 5.41) is 0. The SMILES string of the molecule is COC(C)COc1ccc(F)cc1N1CCCC(N)C1. The number of nitrogens with zero attached hydrogens (tertiary/aromatic N) is 1. The van der Waals surface area contributed by atoms with Gasteiger partial charge in [-0.15, -0.1) is 0 Å². The number of anilines is 1. The first-order valence-corrected chi connectivity index (χ1v) is 7.06. The first-order valence-electron chi connectivity index (χ1n) is 7.06. The average molecular weight is 282 g/mol. The van der Waals surface area contributed by atoms with Crippen molar-refractivity contribution in [3.63, 3.8) is 0 Å². The lowest BCUT2D eigenvalue weighted by atomic mass is 10.1. The zero-order valence-electron chi connectivity index (χ0n) is 12.1. The number of hydrogen-bond acceptors (Lipinski definition) is 4. The van der Waals surface area contributed by atoms with Gasteiger partial charge in [-0.25, -0.2) is 4.39 Å². The van der Waals surface area contributed by atoms with E-state index in [4.69, 9.17) is 15.2 Å². The molecule has 20 heavy (non-hydrogen) atoms. The third-order valence-corrected chi connectivity index (χ3v) is 3.60. The molecule has 0 amide bonds. The normalized spacial score (nSPS) is 20.8. The van der Waals surface area contributed by atoms with E-state index in [2.05, 4.69) is 4.90 Å². The first-order chi connectivity index (χ1) is 9.60. The van der Waals surface area contributed by atoms with Gasteiger partial charge in [0, 0.05) is 32.3 Å². The van der Waals surface area contributed by atoms with Gasteiger partial charge in [-0.05, 0) is 31.9 Å². The highest BCUT2D eigenvalue weighted by Crippen LogP contribution is 2.31. The van der Waals surface area contributed by atoms with E-state index in [-0.39, 0.29) is 18.0 Å². The highest BCUT2D eigenvalue weighted by atomic mass is 19.1. The third kappa shape index (κ3) is 3.84. The lowest BCUT2D eigenvalue weighted by molar-refractivity contribution is 0.0718. The van der Waals surface area contributed by atoms with Gasteiger partial charge in [-0.1, -0.05) is 0 Å². The Bertz CT molecular complexity index is 442. The molecule has 1 heterocycles. The molecule has 0 saturated carbocycles. The van der Waals surface area contributed by atoms with E-state index in [1.807, 2.05) is 6.92 Å². The first kappa shape index (κ1) is 15.1. The molecule has 0 aromatic heterocycles. The van der Waals surface area contributed by atoms with Crippen LogP contribution in [0.2, 0.25) is 0 Å². The lowest BCUT2D eigenvalue weighted by Gasteiger charge is -2.33. The Kier molecular flexibility index (Phi) is 5.20. The van der Waals surface area contributed by atoms with Crippen LogP contribution in [0.15, 0.2) is 18.2 Å². The van der Waals surface area contributed by atoms with Crippen molar-refractivity contribution in [2.24, 2.45) is 5.73 Å². The number of benzene rings is 1. The zero-order chi connectivity index (χ0) is 14.5. The predicted octanol–water partition coefficient (Wildman–Crippen LogP) is 2.17. The molecule has 0 aliphatic carbocycles. The van der Waals surface area contributed by atoms with Gasteiger partial charge in [0.05, 0.1) is 11.8 Å². The highest BCUT2D eigenvalue weighted by Gasteiger charge is 2.20. The van der Waals surface area contributed by atoms with Crippen LogP contribution in [0.5, 0.6) is 5.75 Å². The summed E-state index contributed by atoms with van der Waals surface area (Å²) in [5.74, 6) is 0.427. The molecule has 0 bridgehead atoms. The summed E-state index contributed by atoms with van der Waals surface area (Å²) < 4.78 is 24.5. The molecule has 1 aliphatic heterocycles. The van der Waals surface area contributed by atoms with Crippen molar-refractivity contribution in [2.75, 3.05) is 31.7 Å². The van der Waals surface area contributed by atoms with E-state index in [9.17, 15) is 4.39 Å². The van der Waals surface area contributed by atoms with Gasteiger partial charge in [0.15, 0.2) is 0 Å². The van der Waals surface area contributed by atoms with Gasteiger partial charge in [-0.2, -0.15) is 0 Å². The van der Waals surface area contributed by atoms with Crippen LogP contribution in [0.3, 0.4) is 0 Å². The van der Waals surface area contributed by atoms with E-state index in [1.165, 1.54) is 12.1 Å².